The molecule has 2 aliphatic heterocycles. The minimum absolute atomic E-state index is 0.00551. The summed E-state index contributed by atoms with van der Waals surface area (Å²) < 4.78 is 21.6. The van der Waals surface area contributed by atoms with Crippen LogP contribution in [-0.2, 0) is 9.53 Å². The molecule has 5 heterocycles. The van der Waals surface area contributed by atoms with E-state index in [2.05, 4.69) is 9.97 Å². The van der Waals surface area contributed by atoms with Gasteiger partial charge in [0, 0.05) is 37.4 Å². The Morgan fingerprint density at radius 1 is 1.17 bits per heavy atom. The van der Waals surface area contributed by atoms with Crippen molar-refractivity contribution >= 4 is 34.4 Å². The van der Waals surface area contributed by atoms with Crippen molar-refractivity contribution < 1.29 is 13.9 Å². The van der Waals surface area contributed by atoms with Crippen molar-refractivity contribution in [3.05, 3.63) is 75.2 Å². The number of ether oxygens (including phenoxy) is 1. The van der Waals surface area contributed by atoms with Crippen LogP contribution in [0.2, 0.25) is 5.02 Å². The lowest BCUT2D eigenvalue weighted by atomic mass is 10.0. The molecule has 0 aliphatic carbocycles. The number of aromatic nitrogens is 4. The third-order valence-corrected chi connectivity index (χ3v) is 7.96. The molecular formula is C30H30ClFN6O3. The smallest absolute Gasteiger partial charge is 0.355 e. The van der Waals surface area contributed by atoms with Gasteiger partial charge < -0.3 is 14.5 Å². The largest absolute Gasteiger partial charge is 0.363 e. The van der Waals surface area contributed by atoms with Gasteiger partial charge in [0.25, 0.3) is 5.91 Å². The van der Waals surface area contributed by atoms with Gasteiger partial charge in [0.05, 0.1) is 34.1 Å². The molecule has 0 bridgehead atoms. The van der Waals surface area contributed by atoms with E-state index in [1.54, 1.807) is 35.4 Å². The average molecular weight is 577 g/mol. The van der Waals surface area contributed by atoms with Gasteiger partial charge >= 0.3 is 5.69 Å². The minimum atomic E-state index is -0.531. The number of hydrogen-bond acceptors (Lipinski definition) is 7. The van der Waals surface area contributed by atoms with Gasteiger partial charge in [-0.15, -0.1) is 0 Å². The molecule has 2 fully saturated rings. The van der Waals surface area contributed by atoms with E-state index in [4.69, 9.17) is 21.3 Å². The summed E-state index contributed by atoms with van der Waals surface area (Å²) in [6.07, 6.45) is 1.36. The molecule has 3 aromatic heterocycles. The zero-order chi connectivity index (χ0) is 29.0. The topological polar surface area (TPSA) is 96.8 Å². The molecule has 0 N–H and O–H groups in total. The van der Waals surface area contributed by atoms with Crippen LogP contribution >= 0.6 is 11.6 Å². The monoisotopic (exact) mass is 576 g/mol. The summed E-state index contributed by atoms with van der Waals surface area (Å²) >= 11 is 6.77. The molecule has 2 atom stereocenters. The molecule has 212 valence electrons. The van der Waals surface area contributed by atoms with Crippen LogP contribution in [0.3, 0.4) is 0 Å². The van der Waals surface area contributed by atoms with Crippen molar-refractivity contribution in [2.24, 2.45) is 0 Å². The van der Waals surface area contributed by atoms with Crippen molar-refractivity contribution in [3.8, 4) is 16.9 Å². The van der Waals surface area contributed by atoms with Gasteiger partial charge in [0.1, 0.15) is 11.6 Å². The zero-order valence-corrected chi connectivity index (χ0v) is 24.0. The van der Waals surface area contributed by atoms with Crippen molar-refractivity contribution in [1.82, 2.24) is 24.4 Å². The standard InChI is InChI=1S/C30H30ClFN6O3/c1-16(2)24-26(17(3)9-10-33-24)38-28-20(13-21(31)25(34-28)19-7-5-6-8-22(19)32)27(35-30(38)40)37-12-11-36(14-18(37)4)29(39)23-15-41-23/h5-10,13,16,18,23H,11-12,14-15H2,1-4H3/t18-,23+/m0/s1. The van der Waals surface area contributed by atoms with Crippen molar-refractivity contribution in [2.45, 2.75) is 45.8 Å². The first-order valence-corrected chi connectivity index (χ1v) is 14.0. The van der Waals surface area contributed by atoms with Crippen molar-refractivity contribution in [2.75, 3.05) is 31.1 Å². The van der Waals surface area contributed by atoms with Gasteiger partial charge in [-0.25, -0.2) is 18.7 Å². The van der Waals surface area contributed by atoms with Crippen LogP contribution in [0.15, 0.2) is 47.4 Å². The van der Waals surface area contributed by atoms with Crippen LogP contribution in [-0.4, -0.2) is 68.7 Å². The molecule has 0 unspecified atom stereocenters. The number of halogens is 2. The molecule has 1 aromatic carbocycles. The lowest BCUT2D eigenvalue weighted by Gasteiger charge is -2.40. The van der Waals surface area contributed by atoms with E-state index >= 15 is 0 Å². The van der Waals surface area contributed by atoms with Gasteiger partial charge in [-0.3, -0.25) is 9.78 Å². The molecule has 6 rings (SSSR count). The number of epoxide rings is 1. The summed E-state index contributed by atoms with van der Waals surface area (Å²) in [4.78, 5) is 44.4. The van der Waals surface area contributed by atoms with Gasteiger partial charge in [0.2, 0.25) is 0 Å². The number of benzene rings is 1. The van der Waals surface area contributed by atoms with E-state index < -0.39 is 11.5 Å². The highest BCUT2D eigenvalue weighted by atomic mass is 35.5. The Balaban J connectivity index is 1.58. The van der Waals surface area contributed by atoms with Crippen LogP contribution in [0.25, 0.3) is 28.0 Å². The fourth-order valence-corrected chi connectivity index (χ4v) is 5.77. The fourth-order valence-electron chi connectivity index (χ4n) is 5.52. The molecule has 9 nitrogen and oxygen atoms in total. The quantitative estimate of drug-likeness (QED) is 0.323. The lowest BCUT2D eigenvalue weighted by molar-refractivity contribution is -0.133. The molecule has 2 aliphatic rings. The van der Waals surface area contributed by atoms with Gasteiger partial charge in [0.15, 0.2) is 11.8 Å². The summed E-state index contributed by atoms with van der Waals surface area (Å²) in [5.41, 5.74) is 2.37. The second kappa shape index (κ2) is 10.5. The summed E-state index contributed by atoms with van der Waals surface area (Å²) in [5.74, 6) is -0.0623. The van der Waals surface area contributed by atoms with Crippen molar-refractivity contribution in [3.63, 3.8) is 0 Å². The van der Waals surface area contributed by atoms with E-state index in [0.717, 1.165) is 11.3 Å². The molecule has 11 heteroatoms. The molecule has 2 saturated heterocycles. The molecule has 0 saturated carbocycles. The average Bonchev–Trinajstić information content (AvgIpc) is 3.79. The van der Waals surface area contributed by atoms with Crippen LogP contribution in [0.1, 0.15) is 37.9 Å². The highest BCUT2D eigenvalue weighted by Crippen LogP contribution is 2.36. The van der Waals surface area contributed by atoms with E-state index in [9.17, 15) is 14.0 Å². The number of hydrogen-bond donors (Lipinski definition) is 0. The van der Waals surface area contributed by atoms with Crippen molar-refractivity contribution in [1.29, 1.82) is 0 Å². The molecule has 0 spiro atoms. The zero-order valence-electron chi connectivity index (χ0n) is 23.3. The number of fused-ring (bicyclic) bond motifs is 1. The normalized spacial score (nSPS) is 18.8. The number of carbonyl (C=O) groups is 1. The third kappa shape index (κ3) is 4.85. The van der Waals surface area contributed by atoms with Crippen LogP contribution < -0.4 is 10.6 Å². The van der Waals surface area contributed by atoms with E-state index in [1.165, 1.54) is 10.6 Å². The Hall–Kier alpha value is -3.89. The number of aryl methyl sites for hydroxylation is 1. The number of piperazine rings is 1. The molecular weight excluding hydrogens is 547 g/mol. The molecule has 1 amide bonds. The Morgan fingerprint density at radius 2 is 1.93 bits per heavy atom. The SMILES string of the molecule is Cc1ccnc(C(C)C)c1-n1c(=O)nc(N2CCN(C(=O)[C@H]3CO3)C[C@@H]2C)c2cc(Cl)c(-c3ccccc3F)nc21. The predicted octanol–water partition coefficient (Wildman–Crippen LogP) is 4.50. The van der Waals surface area contributed by atoms with E-state index in [-0.39, 0.29) is 40.3 Å². The molecule has 0 radical (unpaired) electrons. The third-order valence-electron chi connectivity index (χ3n) is 7.68. The first-order chi connectivity index (χ1) is 19.7. The maximum Gasteiger partial charge on any atom is 0.355 e. The number of carbonyl (C=O) groups excluding carboxylic acids is 1. The second-order valence-electron chi connectivity index (χ2n) is 10.9. The first kappa shape index (κ1) is 27.3. The van der Waals surface area contributed by atoms with Crippen LogP contribution in [0.5, 0.6) is 0 Å². The Kier molecular flexibility index (Phi) is 6.99. The maximum absolute atomic E-state index is 14.9. The number of amides is 1. The number of rotatable bonds is 5. The number of anilines is 1. The first-order valence-electron chi connectivity index (χ1n) is 13.7. The summed E-state index contributed by atoms with van der Waals surface area (Å²) in [6.45, 7) is 9.73. The highest BCUT2D eigenvalue weighted by molar-refractivity contribution is 6.33. The molecule has 4 aromatic rings. The van der Waals surface area contributed by atoms with Crippen LogP contribution in [0, 0.1) is 12.7 Å². The Labute approximate surface area is 241 Å². The summed E-state index contributed by atoms with van der Waals surface area (Å²) in [7, 11) is 0. The van der Waals surface area contributed by atoms with Gasteiger partial charge in [-0.1, -0.05) is 37.6 Å². The van der Waals surface area contributed by atoms with Crippen LogP contribution in [0.4, 0.5) is 10.2 Å². The second-order valence-corrected chi connectivity index (χ2v) is 11.3. The predicted molar refractivity (Wildman–Crippen MR) is 155 cm³/mol. The van der Waals surface area contributed by atoms with Gasteiger partial charge in [-0.05, 0) is 49.6 Å². The maximum atomic E-state index is 14.9. The number of nitrogens with zero attached hydrogens (tertiary/aromatic N) is 6. The molecule has 41 heavy (non-hydrogen) atoms. The Bertz CT molecular complexity index is 1740. The van der Waals surface area contributed by atoms with Gasteiger partial charge in [-0.2, -0.15) is 4.98 Å². The number of pyridine rings is 2. The Morgan fingerprint density at radius 3 is 2.61 bits per heavy atom. The lowest BCUT2D eigenvalue weighted by Crippen LogP contribution is -2.55. The summed E-state index contributed by atoms with van der Waals surface area (Å²) in [5, 5.41) is 0.778. The van der Waals surface area contributed by atoms with E-state index in [1.807, 2.05) is 38.7 Å². The minimum Gasteiger partial charge on any atom is -0.363 e. The van der Waals surface area contributed by atoms with E-state index in [0.29, 0.717) is 48.8 Å². The fraction of sp³-hybridized carbons (Fsp3) is 0.367. The summed E-state index contributed by atoms with van der Waals surface area (Å²) in [6, 6.07) is 9.66. The highest BCUT2D eigenvalue weighted by Gasteiger charge is 2.38.